The van der Waals surface area contributed by atoms with Gasteiger partial charge in [0.1, 0.15) is 11.9 Å². The highest BCUT2D eigenvalue weighted by molar-refractivity contribution is 6.08. The summed E-state index contributed by atoms with van der Waals surface area (Å²) < 4.78 is 11.3. The van der Waals surface area contributed by atoms with Crippen molar-refractivity contribution in [3.05, 3.63) is 52.3 Å². The van der Waals surface area contributed by atoms with Crippen molar-refractivity contribution >= 4 is 35.4 Å². The van der Waals surface area contributed by atoms with Crippen molar-refractivity contribution in [1.29, 1.82) is 0 Å². The second-order valence-electron chi connectivity index (χ2n) is 9.46. The lowest BCUT2D eigenvalue weighted by atomic mass is 10.1. The number of hydrogen-bond donors (Lipinski definition) is 3. The van der Waals surface area contributed by atoms with Crippen molar-refractivity contribution in [1.82, 2.24) is 14.8 Å². The first-order valence-electron chi connectivity index (χ1n) is 12.7. The average molecular weight is 542 g/mol. The number of esters is 1. The molecule has 12 nitrogen and oxygen atoms in total. The Morgan fingerprint density at radius 3 is 2.54 bits per heavy atom. The molecule has 2 aromatic rings. The van der Waals surface area contributed by atoms with Crippen LogP contribution in [-0.4, -0.2) is 69.8 Å². The summed E-state index contributed by atoms with van der Waals surface area (Å²) in [5, 5.41) is 12.0. The number of aliphatic hydroxyl groups excluding tert-OH is 1. The fourth-order valence-corrected chi connectivity index (χ4v) is 3.92. The van der Waals surface area contributed by atoms with E-state index in [1.54, 1.807) is 42.9 Å². The van der Waals surface area contributed by atoms with Crippen LogP contribution in [0.5, 0.6) is 0 Å². The summed E-state index contributed by atoms with van der Waals surface area (Å²) in [5.41, 5.74) is 9.40. The molecule has 1 atom stereocenters. The number of aryl methyl sites for hydroxylation is 2. The molecule has 0 spiro atoms. The number of nitrogens with two attached hydrogens (primary N) is 1. The van der Waals surface area contributed by atoms with Gasteiger partial charge in [-0.1, -0.05) is 13.0 Å². The zero-order valence-corrected chi connectivity index (χ0v) is 22.8. The molecule has 1 unspecified atom stereocenters. The van der Waals surface area contributed by atoms with Crippen LogP contribution in [0.25, 0.3) is 0 Å². The molecule has 0 radical (unpaired) electrons. The summed E-state index contributed by atoms with van der Waals surface area (Å²) in [5.74, 6) is -1.61. The number of nitrogens with one attached hydrogen (secondary N) is 1. The molecule has 3 rings (SSSR count). The summed E-state index contributed by atoms with van der Waals surface area (Å²) in [4.78, 5) is 55.5. The predicted molar refractivity (Wildman–Crippen MR) is 143 cm³/mol. The maximum Gasteiger partial charge on any atom is 0.419 e. The molecular weight excluding hydrogens is 506 g/mol. The minimum absolute atomic E-state index is 0.133. The molecule has 39 heavy (non-hydrogen) atoms. The van der Waals surface area contributed by atoms with Gasteiger partial charge in [-0.25, -0.2) is 19.5 Å². The van der Waals surface area contributed by atoms with Crippen LogP contribution >= 0.6 is 0 Å². The first-order chi connectivity index (χ1) is 18.5. The van der Waals surface area contributed by atoms with Crippen molar-refractivity contribution < 1.29 is 33.8 Å². The minimum Gasteiger partial charge on any atom is -0.426 e. The number of imide groups is 1. The monoisotopic (exact) mass is 541 g/mol. The molecule has 1 aliphatic rings. The summed E-state index contributed by atoms with van der Waals surface area (Å²) >= 11 is 0. The first kappa shape index (κ1) is 29.4. The van der Waals surface area contributed by atoms with Crippen molar-refractivity contribution in [2.75, 3.05) is 13.3 Å². The fraction of sp³-hybridized carbons (Fsp3) is 0.444. The Labute approximate surface area is 226 Å². The summed E-state index contributed by atoms with van der Waals surface area (Å²) in [7, 11) is 1.71. The number of benzene rings is 1. The molecule has 0 saturated heterocycles. The van der Waals surface area contributed by atoms with Crippen molar-refractivity contribution in [3.8, 4) is 0 Å². The number of carbonyl (C=O) groups excluding carboxylic acids is 4. The quantitative estimate of drug-likeness (QED) is 0.179. The Kier molecular flexibility index (Phi) is 9.47. The normalized spacial score (nSPS) is 13.9. The number of hydrogen-bond acceptors (Lipinski definition) is 8. The third kappa shape index (κ3) is 7.02. The van der Waals surface area contributed by atoms with E-state index in [2.05, 4.69) is 15.0 Å². The van der Waals surface area contributed by atoms with Gasteiger partial charge in [0.05, 0.1) is 16.9 Å². The highest BCUT2D eigenvalue weighted by Gasteiger charge is 2.40. The number of aromatic nitrogens is 1. The highest BCUT2D eigenvalue weighted by Crippen LogP contribution is 2.31. The number of amides is 3. The van der Waals surface area contributed by atoms with Gasteiger partial charge in [-0.05, 0) is 63.3 Å². The Morgan fingerprint density at radius 1 is 1.23 bits per heavy atom. The van der Waals surface area contributed by atoms with E-state index in [9.17, 15) is 24.3 Å². The summed E-state index contributed by atoms with van der Waals surface area (Å²) in [6.45, 7) is 6.57. The van der Waals surface area contributed by atoms with Gasteiger partial charge in [0.15, 0.2) is 0 Å². The molecular formula is C27H35N5O7. The third-order valence-electron chi connectivity index (χ3n) is 6.21. The molecule has 0 aliphatic heterocycles. The second-order valence-corrected chi connectivity index (χ2v) is 9.46. The minimum atomic E-state index is -1.37. The van der Waals surface area contributed by atoms with Crippen molar-refractivity contribution in [2.45, 2.75) is 59.1 Å². The van der Waals surface area contributed by atoms with E-state index < -0.39 is 30.9 Å². The molecule has 3 amide bonds. The standard InChI is InChI=1S/C27H35N5O7/c1-6-11-29-24(34)18-8-7-15(2)21(12-18)30-23(28)22-16(3)20(13-31(22)5)25(35)32(19-9-10-19)27(37)39-14-38-26(36)17(4)33/h7-8,12-13,17,19,33H,6,9-11,14H2,1-5H3,(H2,28,30)(H,29,34). The van der Waals surface area contributed by atoms with Crippen LogP contribution in [0.3, 0.4) is 0 Å². The maximum absolute atomic E-state index is 13.4. The lowest BCUT2D eigenvalue weighted by molar-refractivity contribution is -0.161. The molecule has 1 aromatic carbocycles. The second kappa shape index (κ2) is 12.6. The average Bonchev–Trinajstić information content (AvgIpc) is 3.66. The van der Waals surface area contributed by atoms with E-state index in [0.717, 1.165) is 16.9 Å². The largest absolute Gasteiger partial charge is 0.426 e. The molecule has 4 N–H and O–H groups in total. The lowest BCUT2D eigenvalue weighted by Gasteiger charge is -2.20. The molecule has 12 heteroatoms. The Bertz CT molecular complexity index is 1290. The SMILES string of the molecule is CCCNC(=O)c1ccc(C)c(N=C(N)c2c(C)c(C(=O)N(C(=O)OCOC(=O)C(C)O)C3CC3)cn2C)c1. The highest BCUT2D eigenvalue weighted by atomic mass is 16.7. The van der Waals surface area contributed by atoms with Gasteiger partial charge in [-0.2, -0.15) is 0 Å². The van der Waals surface area contributed by atoms with Crippen LogP contribution in [-0.2, 0) is 21.3 Å². The number of carbonyl (C=O) groups is 4. The first-order valence-corrected chi connectivity index (χ1v) is 12.7. The zero-order chi connectivity index (χ0) is 28.9. The number of aliphatic hydroxyl groups is 1. The molecule has 1 aliphatic carbocycles. The van der Waals surface area contributed by atoms with Crippen LogP contribution in [0.15, 0.2) is 29.4 Å². The van der Waals surface area contributed by atoms with E-state index in [0.29, 0.717) is 41.9 Å². The van der Waals surface area contributed by atoms with Gasteiger partial charge < -0.3 is 30.2 Å². The molecule has 1 fully saturated rings. The van der Waals surface area contributed by atoms with Gasteiger partial charge >= 0.3 is 12.1 Å². The molecule has 1 saturated carbocycles. The van der Waals surface area contributed by atoms with Gasteiger partial charge in [-0.3, -0.25) is 9.59 Å². The van der Waals surface area contributed by atoms with Crippen LogP contribution in [0.1, 0.15) is 70.6 Å². The Hall–Kier alpha value is -4.19. The van der Waals surface area contributed by atoms with Gasteiger partial charge in [0.25, 0.3) is 11.8 Å². The lowest BCUT2D eigenvalue weighted by Crippen LogP contribution is -2.40. The molecule has 1 aromatic heterocycles. The van der Waals surface area contributed by atoms with Crippen molar-refractivity contribution in [2.24, 2.45) is 17.8 Å². The van der Waals surface area contributed by atoms with E-state index >= 15 is 0 Å². The number of nitrogens with zero attached hydrogens (tertiary/aromatic N) is 3. The number of aliphatic imine (C=N–C) groups is 1. The molecule has 210 valence electrons. The summed E-state index contributed by atoms with van der Waals surface area (Å²) in [6.07, 6.45) is 1.30. The predicted octanol–water partition coefficient (Wildman–Crippen LogP) is 2.44. The van der Waals surface area contributed by atoms with Crippen molar-refractivity contribution in [3.63, 3.8) is 0 Å². The zero-order valence-electron chi connectivity index (χ0n) is 22.8. The molecule has 1 heterocycles. The fourth-order valence-electron chi connectivity index (χ4n) is 3.92. The molecule has 0 bridgehead atoms. The van der Waals surface area contributed by atoms with Gasteiger partial charge in [0, 0.05) is 31.4 Å². The van der Waals surface area contributed by atoms with Gasteiger partial charge in [0.2, 0.25) is 6.79 Å². The van der Waals surface area contributed by atoms with Crippen LogP contribution in [0.2, 0.25) is 0 Å². The van der Waals surface area contributed by atoms with E-state index in [1.807, 2.05) is 13.8 Å². The number of rotatable bonds is 10. The van der Waals surface area contributed by atoms with Crippen LogP contribution in [0.4, 0.5) is 10.5 Å². The van der Waals surface area contributed by atoms with Crippen LogP contribution in [0, 0.1) is 13.8 Å². The third-order valence-corrected chi connectivity index (χ3v) is 6.21. The maximum atomic E-state index is 13.4. The topological polar surface area (TPSA) is 166 Å². The Morgan fingerprint density at radius 2 is 1.92 bits per heavy atom. The number of ether oxygens (including phenoxy) is 2. The van der Waals surface area contributed by atoms with E-state index in [-0.39, 0.29) is 23.3 Å². The van der Waals surface area contributed by atoms with E-state index in [4.69, 9.17) is 10.5 Å². The van der Waals surface area contributed by atoms with E-state index in [1.165, 1.54) is 6.92 Å². The van der Waals surface area contributed by atoms with Gasteiger partial charge in [-0.15, -0.1) is 0 Å². The smallest absolute Gasteiger partial charge is 0.419 e. The summed E-state index contributed by atoms with van der Waals surface area (Å²) in [6, 6.07) is 4.83. The Balaban J connectivity index is 1.84. The number of amidine groups is 1. The van der Waals surface area contributed by atoms with Crippen LogP contribution < -0.4 is 11.1 Å².